The third kappa shape index (κ3) is 17.5. The fourth-order valence-corrected chi connectivity index (χ4v) is 11.7. The van der Waals surface area contributed by atoms with Crippen molar-refractivity contribution in [2.45, 2.75) is 108 Å². The van der Waals surface area contributed by atoms with Crippen molar-refractivity contribution in [1.29, 1.82) is 5.26 Å². The normalized spacial score (nSPS) is 10.9. The van der Waals surface area contributed by atoms with Crippen LogP contribution in [0, 0.1) is 74.2 Å². The molecule has 5 aromatic heterocycles. The minimum Gasteiger partial charge on any atom is -0.462 e. The number of Topliss-reactive ketones (excluding diaryl/α,β-unsaturated/α-hetero) is 1. The van der Waals surface area contributed by atoms with Crippen LogP contribution in [-0.2, 0) is 44.3 Å². The molecule has 0 amide bonds. The molecule has 3 aromatic carbocycles. The fraction of sp³-hybridized carbons (Fsp3) is 0.286. The first-order valence-corrected chi connectivity index (χ1v) is 28.6. The molecule has 0 saturated heterocycles. The summed E-state index contributed by atoms with van der Waals surface area (Å²) in [5.41, 5.74) is 15.1. The Bertz CT molecular complexity index is 4020. The summed E-state index contributed by atoms with van der Waals surface area (Å²) in [5, 5.41) is 20.7. The number of pyridine rings is 4. The van der Waals surface area contributed by atoms with E-state index in [1.807, 2.05) is 106 Å². The van der Waals surface area contributed by atoms with Crippen LogP contribution in [0.2, 0.25) is 5.02 Å². The van der Waals surface area contributed by atoms with Gasteiger partial charge in [0.15, 0.2) is 30.1 Å². The number of aryl methyl sites for hydroxylation is 7. The number of ether oxygens (including phenoxy) is 2. The van der Waals surface area contributed by atoms with E-state index in [1.54, 1.807) is 49.6 Å². The van der Waals surface area contributed by atoms with Gasteiger partial charge in [-0.15, -0.1) is 29.5 Å². The Balaban J connectivity index is 0.000000300. The number of nitriles is 1. The molecule has 0 unspecified atom stereocenters. The minimum atomic E-state index is -0.422. The molecule has 6 heterocycles. The molecule has 17 heteroatoms. The van der Waals surface area contributed by atoms with E-state index < -0.39 is 4.92 Å². The van der Waals surface area contributed by atoms with Crippen LogP contribution >= 0.6 is 34.7 Å². The van der Waals surface area contributed by atoms with Crippen molar-refractivity contribution in [2.75, 3.05) is 6.61 Å². The van der Waals surface area contributed by atoms with E-state index >= 15 is 0 Å². The second-order valence-electron chi connectivity index (χ2n) is 21.0. The van der Waals surface area contributed by atoms with Crippen LogP contribution in [0.1, 0.15) is 137 Å². The molecule has 13 nitrogen and oxygen atoms in total. The number of thiophene rings is 1. The zero-order chi connectivity index (χ0) is 62.1. The molecule has 0 bridgehead atoms. The number of hydrogen-bond donors (Lipinski definition) is 0. The van der Waals surface area contributed by atoms with Gasteiger partial charge >= 0.3 is 11.9 Å². The molecule has 87 heavy (non-hydrogen) atoms. The maximum Gasteiger partial charge on any atom is 0.348 e. The number of hydrogen-bond acceptors (Lipinski definition) is 10. The number of terminal acetylenes is 1. The second-order valence-corrected chi connectivity index (χ2v) is 24.3. The van der Waals surface area contributed by atoms with Crippen LogP contribution in [0.4, 0.5) is 10.1 Å². The van der Waals surface area contributed by atoms with Gasteiger partial charge in [-0.05, 0) is 112 Å². The predicted molar refractivity (Wildman–Crippen MR) is 349 cm³/mol. The standard InChI is InChI=1S/C19H22NS.C17H17N2O3.C16H12ClN2O2.C15H17FNO2S.3CH4/c1-7-15-8-11-18(20(6)13-15)17-10-9-16(12-14(17)2)21-19(3,4)5;1-5-13-8-11(2)15(10-16(13)19(21)22)17-9-14(12(3)20)6-7-18(17)4;1-9-11(14-4-3-10(6-18)7-19(14)2)5-12-13(15(9)17)8-21-16(12)20;1-5-19-15(18)13-6-9(2)14(20-13)12-8-11(16)7-10(3)17(12)4;;;/h1,8-13H,2-6H3;5-10H,1H2,2-4H3;3-5,7H,8H2,1-2H3;6-8H,5H2,1-4H3;3*1H4/q4*+1;;;. The van der Waals surface area contributed by atoms with Crippen molar-refractivity contribution in [3.63, 3.8) is 0 Å². The summed E-state index contributed by atoms with van der Waals surface area (Å²) in [7, 11) is 7.61. The number of nitrogens with zero attached hydrogens (tertiary/aromatic N) is 6. The molecule has 0 aliphatic carbocycles. The Morgan fingerprint density at radius 1 is 0.828 bits per heavy atom. The van der Waals surface area contributed by atoms with Gasteiger partial charge < -0.3 is 9.47 Å². The number of halogens is 2. The topological polar surface area (TPSA) is 152 Å². The minimum absolute atomic E-state index is 0. The highest BCUT2D eigenvalue weighted by atomic mass is 35.5. The highest BCUT2D eigenvalue weighted by molar-refractivity contribution is 8.00. The third-order valence-corrected chi connectivity index (χ3v) is 16.5. The van der Waals surface area contributed by atoms with E-state index in [2.05, 4.69) is 75.1 Å². The largest absolute Gasteiger partial charge is 0.462 e. The number of carbonyl (C=O) groups excluding carboxylic acids is 3. The highest BCUT2D eigenvalue weighted by Crippen LogP contribution is 2.38. The van der Waals surface area contributed by atoms with Crippen molar-refractivity contribution in [2.24, 2.45) is 28.2 Å². The van der Waals surface area contributed by atoms with Gasteiger partial charge in [0, 0.05) is 75.7 Å². The van der Waals surface area contributed by atoms with Crippen LogP contribution in [-0.4, -0.2) is 34.0 Å². The number of aromatic nitrogens is 4. The molecular weight excluding hydrogens is 1160 g/mol. The summed E-state index contributed by atoms with van der Waals surface area (Å²) in [6.45, 7) is 23.9. The molecule has 1 aliphatic heterocycles. The van der Waals surface area contributed by atoms with E-state index in [0.717, 1.165) is 66.6 Å². The quantitative estimate of drug-likeness (QED) is 0.0248. The monoisotopic (exact) mass is 1230 g/mol. The number of benzene rings is 3. The van der Waals surface area contributed by atoms with Crippen molar-refractivity contribution >= 4 is 64.2 Å². The average Bonchev–Trinajstić information content (AvgIpc) is 1.92. The SMILES string of the molecule is C.C.C.C#Cc1ccc(-c2ccc(SC(C)(C)C)cc2C)[n+](C)c1.C=Cc1cc(C)c(-c2cc(C(C)=O)cc[n+]2C)cc1[N+](=O)[O-].CCOC(=O)c1cc(C)c(-c2cc(F)cc(C)[n+]2C)s1.Cc1c(-c2ccc(C#N)c[n+]2C)cc2c(c1Cl)COC2=O. The number of thioether (sulfide) groups is 1. The molecule has 0 atom stereocenters. The van der Waals surface area contributed by atoms with E-state index in [1.165, 1.54) is 64.3 Å². The van der Waals surface area contributed by atoms with Crippen molar-refractivity contribution in [3.8, 4) is 62.8 Å². The number of nitro benzene ring substituents is 1. The Kier molecular flexibility index (Phi) is 26.0. The Morgan fingerprint density at radius 2 is 1.45 bits per heavy atom. The summed E-state index contributed by atoms with van der Waals surface area (Å²) in [5.74, 6) is 1.68. The van der Waals surface area contributed by atoms with Crippen LogP contribution in [0.25, 0.3) is 50.4 Å². The molecule has 9 rings (SSSR count). The van der Waals surface area contributed by atoms with Gasteiger partial charge in [-0.1, -0.05) is 73.2 Å². The Morgan fingerprint density at radius 3 is 2.01 bits per heavy atom. The maximum absolute atomic E-state index is 13.6. The molecule has 454 valence electrons. The van der Waals surface area contributed by atoms with Gasteiger partial charge in [0.25, 0.3) is 5.69 Å². The molecule has 0 radical (unpaired) electrons. The lowest BCUT2D eigenvalue weighted by Crippen LogP contribution is -2.34. The first kappa shape index (κ1) is 72.6. The van der Waals surface area contributed by atoms with Gasteiger partial charge in [0.05, 0.1) is 44.4 Å². The number of rotatable bonds is 10. The van der Waals surface area contributed by atoms with E-state index in [9.17, 15) is 28.9 Å². The van der Waals surface area contributed by atoms with Crippen LogP contribution in [0.5, 0.6) is 0 Å². The lowest BCUT2D eigenvalue weighted by molar-refractivity contribution is -0.666. The van der Waals surface area contributed by atoms with Crippen LogP contribution in [0.3, 0.4) is 0 Å². The smallest absolute Gasteiger partial charge is 0.348 e. The molecule has 8 aromatic rings. The van der Waals surface area contributed by atoms with Gasteiger partial charge in [-0.25, -0.2) is 18.5 Å². The number of cyclic esters (lactones) is 1. The maximum atomic E-state index is 13.6. The van der Waals surface area contributed by atoms with E-state index in [-0.39, 0.29) is 62.9 Å². The molecule has 0 saturated carbocycles. The zero-order valence-electron chi connectivity index (χ0n) is 49.8. The second kappa shape index (κ2) is 31.1. The average molecular weight is 1240 g/mol. The summed E-state index contributed by atoms with van der Waals surface area (Å²) in [6, 6.07) is 29.8. The van der Waals surface area contributed by atoms with Crippen molar-refractivity contribution in [1.82, 2.24) is 0 Å². The highest BCUT2D eigenvalue weighted by Gasteiger charge is 2.29. The van der Waals surface area contributed by atoms with Crippen molar-refractivity contribution < 1.29 is 51.4 Å². The lowest BCUT2D eigenvalue weighted by Gasteiger charge is -2.18. The predicted octanol–water partition coefficient (Wildman–Crippen LogP) is 15.4. The van der Waals surface area contributed by atoms with Gasteiger partial charge in [0.1, 0.15) is 62.0 Å². The number of carbonyl (C=O) groups is 3. The van der Waals surface area contributed by atoms with E-state index in [4.69, 9.17) is 32.8 Å². The molecule has 0 fully saturated rings. The molecular formula is C70H80ClFN6O7S2+4. The third-order valence-electron chi connectivity index (χ3n) is 13.7. The first-order chi connectivity index (χ1) is 39.6. The molecule has 0 N–H and O–H groups in total. The van der Waals surface area contributed by atoms with Crippen LogP contribution < -0.4 is 18.3 Å². The summed E-state index contributed by atoms with van der Waals surface area (Å²) in [4.78, 5) is 48.7. The number of esters is 2. The first-order valence-electron chi connectivity index (χ1n) is 26.6. The van der Waals surface area contributed by atoms with Crippen molar-refractivity contribution in [3.05, 3.63) is 203 Å². The van der Waals surface area contributed by atoms with E-state index in [0.29, 0.717) is 38.8 Å². The molecule has 0 spiro atoms. The Labute approximate surface area is 526 Å². The number of ketones is 1. The molecule has 1 aliphatic rings. The lowest BCUT2D eigenvalue weighted by atomic mass is 9.97. The Hall–Kier alpha value is -8.67. The van der Waals surface area contributed by atoms with Crippen LogP contribution in [0.15, 0.2) is 121 Å². The van der Waals surface area contributed by atoms with Gasteiger partial charge in [0.2, 0.25) is 22.8 Å². The van der Waals surface area contributed by atoms with Gasteiger partial charge in [-0.2, -0.15) is 19.0 Å². The number of nitro groups is 1. The number of fused-ring (bicyclic) bond motifs is 1. The zero-order valence-corrected chi connectivity index (χ0v) is 52.2. The summed E-state index contributed by atoms with van der Waals surface area (Å²) >= 11 is 9.60. The summed E-state index contributed by atoms with van der Waals surface area (Å²) in [6.07, 6.45) is 12.4. The van der Waals surface area contributed by atoms with Gasteiger partial charge in [-0.3, -0.25) is 14.9 Å². The fourth-order valence-electron chi connectivity index (χ4n) is 9.26. The summed E-state index contributed by atoms with van der Waals surface area (Å²) < 4.78 is 31.6.